The van der Waals surface area contributed by atoms with E-state index in [-0.39, 0.29) is 6.10 Å². The van der Waals surface area contributed by atoms with Crippen LogP contribution in [-0.2, 0) is 18.3 Å². The number of aromatic nitrogens is 2. The Kier molecular flexibility index (Phi) is 4.42. The first kappa shape index (κ1) is 14.8. The zero-order valence-electron chi connectivity index (χ0n) is 12.9. The molecule has 0 unspecified atom stereocenters. The van der Waals surface area contributed by atoms with E-state index in [1.54, 1.807) is 11.3 Å². The molecule has 21 heavy (non-hydrogen) atoms. The number of nitrogens with one attached hydrogen (secondary N) is 1. The number of hydrogen-bond donors (Lipinski definition) is 1. The smallest absolute Gasteiger partial charge is 0.0901 e. The van der Waals surface area contributed by atoms with Crippen LogP contribution in [0.2, 0.25) is 0 Å². The van der Waals surface area contributed by atoms with Crippen molar-refractivity contribution in [3.05, 3.63) is 39.3 Å². The summed E-state index contributed by atoms with van der Waals surface area (Å²) in [6.45, 7) is 7.00. The van der Waals surface area contributed by atoms with Gasteiger partial charge in [-0.05, 0) is 42.7 Å². The number of aryl methyl sites for hydroxylation is 2. The minimum Gasteiger partial charge on any atom is -0.373 e. The fourth-order valence-electron chi connectivity index (χ4n) is 3.16. The van der Waals surface area contributed by atoms with Gasteiger partial charge in [0, 0.05) is 43.9 Å². The highest BCUT2D eigenvalue weighted by atomic mass is 32.1. The van der Waals surface area contributed by atoms with Crippen LogP contribution < -0.4 is 5.32 Å². The van der Waals surface area contributed by atoms with Crippen molar-refractivity contribution >= 4 is 11.3 Å². The molecule has 0 saturated carbocycles. The summed E-state index contributed by atoms with van der Waals surface area (Å²) in [5.41, 5.74) is 4.98. The molecule has 3 heterocycles. The third kappa shape index (κ3) is 3.05. The maximum Gasteiger partial charge on any atom is 0.0901 e. The summed E-state index contributed by atoms with van der Waals surface area (Å²) in [5.74, 6) is 0.533. The van der Waals surface area contributed by atoms with E-state index in [4.69, 9.17) is 4.74 Å². The molecule has 5 heteroatoms. The van der Waals surface area contributed by atoms with Crippen molar-refractivity contribution in [2.75, 3.05) is 13.2 Å². The zero-order chi connectivity index (χ0) is 14.8. The lowest BCUT2D eigenvalue weighted by Gasteiger charge is -2.19. The highest BCUT2D eigenvalue weighted by molar-refractivity contribution is 7.07. The number of thiophene rings is 1. The maximum atomic E-state index is 6.02. The van der Waals surface area contributed by atoms with Crippen molar-refractivity contribution in [2.24, 2.45) is 13.0 Å². The lowest BCUT2D eigenvalue weighted by atomic mass is 9.94. The molecule has 2 aromatic rings. The van der Waals surface area contributed by atoms with Crippen molar-refractivity contribution in [2.45, 2.75) is 32.9 Å². The van der Waals surface area contributed by atoms with Crippen LogP contribution in [-0.4, -0.2) is 22.9 Å². The van der Waals surface area contributed by atoms with Gasteiger partial charge in [0.15, 0.2) is 0 Å². The molecular formula is C16H23N3OS. The summed E-state index contributed by atoms with van der Waals surface area (Å²) in [4.78, 5) is 0. The summed E-state index contributed by atoms with van der Waals surface area (Å²) < 4.78 is 7.98. The van der Waals surface area contributed by atoms with E-state index >= 15 is 0 Å². The standard InChI is InChI=1S/C16H23N3OS/c1-11-15(12(2)19(3)18-11)16-14(4-6-20-16)9-17-8-13-5-7-21-10-13/h5,7,10,14,16-17H,4,6,8-9H2,1-3H3/t14-,16+/m0/s1. The van der Waals surface area contributed by atoms with Crippen molar-refractivity contribution in [3.8, 4) is 0 Å². The van der Waals surface area contributed by atoms with Gasteiger partial charge in [0.1, 0.15) is 0 Å². The average Bonchev–Trinajstić information content (AvgIpc) is 3.15. The van der Waals surface area contributed by atoms with Crippen molar-refractivity contribution in [1.29, 1.82) is 0 Å². The van der Waals surface area contributed by atoms with E-state index in [1.807, 2.05) is 11.7 Å². The Morgan fingerprint density at radius 3 is 3.00 bits per heavy atom. The van der Waals surface area contributed by atoms with Crippen molar-refractivity contribution in [1.82, 2.24) is 15.1 Å². The summed E-state index contributed by atoms with van der Waals surface area (Å²) in [6, 6.07) is 2.18. The predicted octanol–water partition coefficient (Wildman–Crippen LogP) is 2.97. The highest BCUT2D eigenvalue weighted by Gasteiger charge is 2.33. The molecule has 2 aromatic heterocycles. The van der Waals surface area contributed by atoms with Gasteiger partial charge in [0.05, 0.1) is 11.8 Å². The lowest BCUT2D eigenvalue weighted by molar-refractivity contribution is 0.0893. The Morgan fingerprint density at radius 2 is 2.33 bits per heavy atom. The van der Waals surface area contributed by atoms with Gasteiger partial charge >= 0.3 is 0 Å². The van der Waals surface area contributed by atoms with Gasteiger partial charge in [-0.1, -0.05) is 0 Å². The molecule has 0 radical (unpaired) electrons. The van der Waals surface area contributed by atoms with Gasteiger partial charge in [0.2, 0.25) is 0 Å². The first-order valence-corrected chi connectivity index (χ1v) is 8.44. The summed E-state index contributed by atoms with van der Waals surface area (Å²) in [5, 5.41) is 12.4. The van der Waals surface area contributed by atoms with Gasteiger partial charge in [-0.15, -0.1) is 0 Å². The Hall–Kier alpha value is -1.17. The number of nitrogens with zero attached hydrogens (tertiary/aromatic N) is 2. The van der Waals surface area contributed by atoms with E-state index in [9.17, 15) is 0 Å². The van der Waals surface area contributed by atoms with Gasteiger partial charge in [0.25, 0.3) is 0 Å². The molecule has 0 spiro atoms. The fourth-order valence-corrected chi connectivity index (χ4v) is 3.83. The SMILES string of the molecule is Cc1nn(C)c(C)c1[C@@H]1OCC[C@H]1CNCc1ccsc1. The van der Waals surface area contributed by atoms with Crippen molar-refractivity contribution < 1.29 is 4.74 Å². The molecule has 3 rings (SSSR count). The number of rotatable bonds is 5. The quantitative estimate of drug-likeness (QED) is 0.923. The lowest BCUT2D eigenvalue weighted by Crippen LogP contribution is -2.25. The molecule has 1 aliphatic heterocycles. The van der Waals surface area contributed by atoms with E-state index in [1.165, 1.54) is 16.8 Å². The van der Waals surface area contributed by atoms with Crippen LogP contribution in [0.4, 0.5) is 0 Å². The molecule has 1 aliphatic rings. The zero-order valence-corrected chi connectivity index (χ0v) is 13.7. The molecular weight excluding hydrogens is 282 g/mol. The van der Waals surface area contributed by atoms with Crippen LogP contribution in [0.3, 0.4) is 0 Å². The van der Waals surface area contributed by atoms with Gasteiger partial charge in [-0.25, -0.2) is 0 Å². The van der Waals surface area contributed by atoms with Gasteiger partial charge < -0.3 is 10.1 Å². The average molecular weight is 305 g/mol. The molecule has 0 aliphatic carbocycles. The Morgan fingerprint density at radius 1 is 1.48 bits per heavy atom. The van der Waals surface area contributed by atoms with Crippen LogP contribution >= 0.6 is 11.3 Å². The fraction of sp³-hybridized carbons (Fsp3) is 0.562. The van der Waals surface area contributed by atoms with Crippen LogP contribution in [0.1, 0.15) is 35.0 Å². The van der Waals surface area contributed by atoms with Crippen LogP contribution in [0.15, 0.2) is 16.8 Å². The largest absolute Gasteiger partial charge is 0.373 e. The first-order chi connectivity index (χ1) is 10.2. The van der Waals surface area contributed by atoms with E-state index in [0.29, 0.717) is 5.92 Å². The molecule has 114 valence electrons. The molecule has 1 fully saturated rings. The second-order valence-electron chi connectivity index (χ2n) is 5.81. The minimum atomic E-state index is 0.189. The van der Waals surface area contributed by atoms with Crippen LogP contribution in [0, 0.1) is 19.8 Å². The van der Waals surface area contributed by atoms with Crippen LogP contribution in [0.25, 0.3) is 0 Å². The maximum absolute atomic E-state index is 6.02. The second-order valence-corrected chi connectivity index (χ2v) is 6.59. The normalized spacial score (nSPS) is 22.0. The summed E-state index contributed by atoms with van der Waals surface area (Å²) in [7, 11) is 2.00. The summed E-state index contributed by atoms with van der Waals surface area (Å²) >= 11 is 1.75. The number of ether oxygens (including phenoxy) is 1. The molecule has 0 bridgehead atoms. The molecule has 4 nitrogen and oxygen atoms in total. The van der Waals surface area contributed by atoms with E-state index in [2.05, 4.69) is 41.1 Å². The predicted molar refractivity (Wildman–Crippen MR) is 85.5 cm³/mol. The Bertz CT molecular complexity index is 591. The third-order valence-corrected chi connectivity index (χ3v) is 5.11. The monoisotopic (exact) mass is 305 g/mol. The molecule has 1 N–H and O–H groups in total. The topological polar surface area (TPSA) is 39.1 Å². The molecule has 2 atom stereocenters. The van der Waals surface area contributed by atoms with Crippen molar-refractivity contribution in [3.63, 3.8) is 0 Å². The second kappa shape index (κ2) is 6.30. The third-order valence-electron chi connectivity index (χ3n) is 4.38. The van der Waals surface area contributed by atoms with E-state index < -0.39 is 0 Å². The molecule has 0 amide bonds. The van der Waals surface area contributed by atoms with Gasteiger partial charge in [-0.2, -0.15) is 16.4 Å². The Labute approximate surface area is 130 Å². The summed E-state index contributed by atoms with van der Waals surface area (Å²) in [6.07, 6.45) is 1.31. The van der Waals surface area contributed by atoms with E-state index in [0.717, 1.165) is 31.8 Å². The van der Waals surface area contributed by atoms with Gasteiger partial charge in [-0.3, -0.25) is 4.68 Å². The number of hydrogen-bond acceptors (Lipinski definition) is 4. The molecule has 0 aromatic carbocycles. The van der Waals surface area contributed by atoms with Crippen LogP contribution in [0.5, 0.6) is 0 Å². The molecule has 1 saturated heterocycles. The highest BCUT2D eigenvalue weighted by Crippen LogP contribution is 2.37. The minimum absolute atomic E-state index is 0.189. The Balaban J connectivity index is 1.65. The first-order valence-electron chi connectivity index (χ1n) is 7.50.